The van der Waals surface area contributed by atoms with E-state index in [-0.39, 0.29) is 12.2 Å². The molecule has 2 rings (SSSR count). The first-order valence-corrected chi connectivity index (χ1v) is 4.07. The number of aliphatic hydroxyl groups is 1. The van der Waals surface area contributed by atoms with E-state index in [1.54, 1.807) is 0 Å². The highest BCUT2D eigenvalue weighted by atomic mass is 19.3. The van der Waals surface area contributed by atoms with Gasteiger partial charge in [0.25, 0.3) is 6.43 Å². The summed E-state index contributed by atoms with van der Waals surface area (Å²) in [6, 6.07) is 2.61. The maximum Gasteiger partial charge on any atom is 0.263 e. The topological polar surface area (TPSA) is 48.9 Å². The standard InChI is InChI=1S/C9H8F2N2O/c10-9(11)5-1-6(3-14)8-7(2-5)12-4-13-8/h1-2,4,9,14H,3H2,(H,12,13). The lowest BCUT2D eigenvalue weighted by Gasteiger charge is -2.03. The molecule has 0 radical (unpaired) electrons. The number of aliphatic hydroxyl groups excluding tert-OH is 1. The molecule has 0 unspecified atom stereocenters. The Balaban J connectivity index is 2.67. The van der Waals surface area contributed by atoms with Crippen LogP contribution in [0.25, 0.3) is 11.0 Å². The second kappa shape index (κ2) is 3.34. The summed E-state index contributed by atoms with van der Waals surface area (Å²) in [7, 11) is 0. The molecule has 2 N–H and O–H groups in total. The van der Waals surface area contributed by atoms with Gasteiger partial charge in [0.2, 0.25) is 0 Å². The van der Waals surface area contributed by atoms with Crippen LogP contribution in [0.3, 0.4) is 0 Å². The van der Waals surface area contributed by atoms with Gasteiger partial charge in [-0.3, -0.25) is 0 Å². The molecule has 0 atom stereocenters. The summed E-state index contributed by atoms with van der Waals surface area (Å²) in [5.41, 5.74) is 1.37. The minimum absolute atomic E-state index is 0.106. The molecule has 1 heterocycles. The number of hydrogen-bond donors (Lipinski definition) is 2. The van der Waals surface area contributed by atoms with E-state index < -0.39 is 6.43 Å². The van der Waals surface area contributed by atoms with E-state index in [4.69, 9.17) is 5.11 Å². The zero-order valence-electron chi connectivity index (χ0n) is 7.17. The SMILES string of the molecule is OCc1cc(C(F)F)cc2[nH]cnc12. The fraction of sp³-hybridized carbons (Fsp3) is 0.222. The fourth-order valence-electron chi connectivity index (χ4n) is 1.39. The van der Waals surface area contributed by atoms with Crippen molar-refractivity contribution in [2.45, 2.75) is 13.0 Å². The van der Waals surface area contributed by atoms with Crippen LogP contribution in [-0.2, 0) is 6.61 Å². The second-order valence-electron chi connectivity index (χ2n) is 2.94. The molecule has 74 valence electrons. The van der Waals surface area contributed by atoms with E-state index >= 15 is 0 Å². The van der Waals surface area contributed by atoms with Crippen molar-refractivity contribution in [1.82, 2.24) is 9.97 Å². The van der Waals surface area contributed by atoms with Crippen LogP contribution < -0.4 is 0 Å². The van der Waals surface area contributed by atoms with Gasteiger partial charge in [0.05, 0.1) is 24.0 Å². The molecule has 1 aromatic carbocycles. The van der Waals surface area contributed by atoms with Crippen LogP contribution in [0.5, 0.6) is 0 Å². The van der Waals surface area contributed by atoms with Crippen LogP contribution in [0.15, 0.2) is 18.5 Å². The van der Waals surface area contributed by atoms with Crippen molar-refractivity contribution in [3.63, 3.8) is 0 Å². The van der Waals surface area contributed by atoms with Crippen LogP contribution in [0.1, 0.15) is 17.6 Å². The summed E-state index contributed by atoms with van der Waals surface area (Å²) in [6.07, 6.45) is -1.12. The van der Waals surface area contributed by atoms with Crippen molar-refractivity contribution in [2.24, 2.45) is 0 Å². The number of benzene rings is 1. The number of H-pyrrole nitrogens is 1. The van der Waals surface area contributed by atoms with Crippen LogP contribution in [0, 0.1) is 0 Å². The average Bonchev–Trinajstić information content (AvgIpc) is 2.63. The molecule has 0 aliphatic rings. The second-order valence-corrected chi connectivity index (χ2v) is 2.94. The Morgan fingerprint density at radius 1 is 1.43 bits per heavy atom. The van der Waals surface area contributed by atoms with Crippen molar-refractivity contribution in [3.05, 3.63) is 29.6 Å². The lowest BCUT2D eigenvalue weighted by molar-refractivity contribution is 0.151. The van der Waals surface area contributed by atoms with Gasteiger partial charge < -0.3 is 10.1 Å². The molecule has 14 heavy (non-hydrogen) atoms. The number of aromatic nitrogens is 2. The number of rotatable bonds is 2. The van der Waals surface area contributed by atoms with Gasteiger partial charge in [0.15, 0.2) is 0 Å². The van der Waals surface area contributed by atoms with Crippen LogP contribution in [0.2, 0.25) is 0 Å². The first-order chi connectivity index (χ1) is 6.72. The Labute approximate surface area is 78.4 Å². The summed E-state index contributed by atoms with van der Waals surface area (Å²) < 4.78 is 24.8. The predicted octanol–water partition coefficient (Wildman–Crippen LogP) is 1.99. The minimum atomic E-state index is -2.53. The van der Waals surface area contributed by atoms with Gasteiger partial charge in [-0.05, 0) is 12.1 Å². The highest BCUT2D eigenvalue weighted by molar-refractivity contribution is 5.79. The molecule has 0 amide bonds. The zero-order chi connectivity index (χ0) is 10.1. The van der Waals surface area contributed by atoms with Gasteiger partial charge in [-0.2, -0.15) is 0 Å². The lowest BCUT2D eigenvalue weighted by atomic mass is 10.1. The summed E-state index contributed by atoms with van der Waals surface area (Å²) in [6.45, 7) is -0.290. The maximum absolute atomic E-state index is 12.4. The van der Waals surface area contributed by atoms with Crippen molar-refractivity contribution >= 4 is 11.0 Å². The number of hydrogen-bond acceptors (Lipinski definition) is 2. The van der Waals surface area contributed by atoms with Gasteiger partial charge in [-0.1, -0.05) is 0 Å². The van der Waals surface area contributed by atoms with Crippen LogP contribution in [0.4, 0.5) is 8.78 Å². The molecule has 0 fully saturated rings. The quantitative estimate of drug-likeness (QED) is 0.775. The normalized spacial score (nSPS) is 11.4. The molecule has 0 aliphatic carbocycles. The number of alkyl halides is 2. The van der Waals surface area contributed by atoms with E-state index in [1.165, 1.54) is 18.5 Å². The molecule has 0 saturated carbocycles. The summed E-state index contributed by atoms with van der Waals surface area (Å²) >= 11 is 0. The van der Waals surface area contributed by atoms with Crippen molar-refractivity contribution in [3.8, 4) is 0 Å². The Morgan fingerprint density at radius 3 is 2.86 bits per heavy atom. The Bertz CT molecular complexity index is 453. The largest absolute Gasteiger partial charge is 0.392 e. The molecule has 5 heteroatoms. The zero-order valence-corrected chi connectivity index (χ0v) is 7.17. The van der Waals surface area contributed by atoms with Crippen molar-refractivity contribution in [1.29, 1.82) is 0 Å². The smallest absolute Gasteiger partial charge is 0.263 e. The van der Waals surface area contributed by atoms with Crippen molar-refractivity contribution in [2.75, 3.05) is 0 Å². The Kier molecular flexibility index (Phi) is 2.17. The first-order valence-electron chi connectivity index (χ1n) is 4.07. The molecule has 0 saturated heterocycles. The Morgan fingerprint density at radius 2 is 2.21 bits per heavy atom. The molecule has 2 aromatic rings. The minimum Gasteiger partial charge on any atom is -0.392 e. The third-order valence-electron chi connectivity index (χ3n) is 2.05. The number of nitrogens with one attached hydrogen (secondary N) is 1. The van der Waals surface area contributed by atoms with E-state index in [0.29, 0.717) is 16.6 Å². The Hall–Kier alpha value is -1.49. The van der Waals surface area contributed by atoms with E-state index in [9.17, 15) is 8.78 Å². The van der Waals surface area contributed by atoms with Crippen molar-refractivity contribution < 1.29 is 13.9 Å². The van der Waals surface area contributed by atoms with E-state index in [2.05, 4.69) is 9.97 Å². The van der Waals surface area contributed by atoms with Gasteiger partial charge in [0.1, 0.15) is 0 Å². The number of imidazole rings is 1. The molecule has 0 spiro atoms. The highest BCUT2D eigenvalue weighted by Crippen LogP contribution is 2.25. The summed E-state index contributed by atoms with van der Waals surface area (Å²) in [4.78, 5) is 6.66. The molecule has 0 aliphatic heterocycles. The van der Waals surface area contributed by atoms with E-state index in [1.807, 2.05) is 0 Å². The van der Waals surface area contributed by atoms with Gasteiger partial charge in [0, 0.05) is 11.1 Å². The third kappa shape index (κ3) is 1.35. The average molecular weight is 198 g/mol. The van der Waals surface area contributed by atoms with E-state index in [0.717, 1.165) is 0 Å². The van der Waals surface area contributed by atoms with Gasteiger partial charge in [-0.25, -0.2) is 13.8 Å². The van der Waals surface area contributed by atoms with Crippen LogP contribution >= 0.6 is 0 Å². The number of fused-ring (bicyclic) bond motifs is 1. The number of aromatic amines is 1. The van der Waals surface area contributed by atoms with Gasteiger partial charge >= 0.3 is 0 Å². The maximum atomic E-state index is 12.4. The monoisotopic (exact) mass is 198 g/mol. The predicted molar refractivity (Wildman–Crippen MR) is 47.0 cm³/mol. The molecular formula is C9H8F2N2O. The lowest BCUT2D eigenvalue weighted by Crippen LogP contribution is -1.91. The summed E-state index contributed by atoms with van der Waals surface area (Å²) in [5, 5.41) is 8.96. The fourth-order valence-corrected chi connectivity index (χ4v) is 1.39. The molecular weight excluding hydrogens is 190 g/mol. The number of halogens is 2. The highest BCUT2D eigenvalue weighted by Gasteiger charge is 2.12. The molecule has 3 nitrogen and oxygen atoms in total. The summed E-state index contributed by atoms with van der Waals surface area (Å²) in [5.74, 6) is 0. The third-order valence-corrected chi connectivity index (χ3v) is 2.05. The van der Waals surface area contributed by atoms with Gasteiger partial charge in [-0.15, -0.1) is 0 Å². The molecule has 1 aromatic heterocycles. The molecule has 0 bridgehead atoms. The first kappa shape index (κ1) is 9.08. The number of nitrogens with zero attached hydrogens (tertiary/aromatic N) is 1. The van der Waals surface area contributed by atoms with Crippen LogP contribution in [-0.4, -0.2) is 15.1 Å².